The van der Waals surface area contributed by atoms with E-state index in [1.54, 1.807) is 0 Å². The summed E-state index contributed by atoms with van der Waals surface area (Å²) in [4.78, 5) is 24.4. The quantitative estimate of drug-likeness (QED) is 0.608. The Labute approximate surface area is 151 Å². The molecule has 0 bridgehead atoms. The van der Waals surface area contributed by atoms with Crippen molar-refractivity contribution >= 4 is 35.6 Å². The molecule has 1 aliphatic heterocycles. The van der Waals surface area contributed by atoms with Crippen LogP contribution in [0.2, 0.25) is 5.02 Å². The number of hydrogen-bond acceptors (Lipinski definition) is 5. The van der Waals surface area contributed by atoms with E-state index in [4.69, 9.17) is 16.3 Å². The second-order valence-electron chi connectivity index (χ2n) is 5.44. The van der Waals surface area contributed by atoms with Gasteiger partial charge in [0.25, 0.3) is 0 Å². The maximum atomic E-state index is 12.2. The minimum absolute atomic E-state index is 0. The number of nitrogens with zero attached hydrogens (tertiary/aromatic N) is 2. The van der Waals surface area contributed by atoms with E-state index < -0.39 is 4.92 Å². The Balaban J connectivity index is 0.00000288. The van der Waals surface area contributed by atoms with Gasteiger partial charge in [-0.15, -0.1) is 12.4 Å². The van der Waals surface area contributed by atoms with Gasteiger partial charge in [0.2, 0.25) is 5.91 Å². The number of nitro benzene ring substituents is 1. The highest BCUT2D eigenvalue weighted by atomic mass is 35.5. The molecule has 1 aromatic rings. The zero-order valence-corrected chi connectivity index (χ0v) is 14.9. The van der Waals surface area contributed by atoms with Crippen LogP contribution in [0.1, 0.15) is 19.3 Å². The molecule has 1 unspecified atom stereocenters. The normalized spacial score (nSPS) is 17.1. The fourth-order valence-corrected chi connectivity index (χ4v) is 2.77. The fourth-order valence-electron chi connectivity index (χ4n) is 2.60. The predicted molar refractivity (Wildman–Crippen MR) is 94.1 cm³/mol. The van der Waals surface area contributed by atoms with Crippen LogP contribution >= 0.6 is 24.0 Å². The van der Waals surface area contributed by atoms with Crippen LogP contribution in [0.15, 0.2) is 18.2 Å². The molecule has 0 aliphatic carbocycles. The molecule has 24 heavy (non-hydrogen) atoms. The predicted octanol–water partition coefficient (Wildman–Crippen LogP) is 2.65. The molecule has 1 N–H and O–H groups in total. The number of carbonyl (C=O) groups excluding carboxylic acids is 1. The number of ether oxygens (including phenoxy) is 1. The number of benzene rings is 1. The third-order valence-electron chi connectivity index (χ3n) is 3.87. The molecule has 1 atom stereocenters. The number of likely N-dealkylation sites (N-methyl/N-ethyl adjacent to an activating group) is 1. The molecule has 7 nitrogen and oxygen atoms in total. The minimum atomic E-state index is -0.550. The van der Waals surface area contributed by atoms with Gasteiger partial charge < -0.3 is 15.0 Å². The fraction of sp³-hybridized carbons (Fsp3) is 0.533. The first kappa shape index (κ1) is 20.5. The average molecular weight is 378 g/mol. The average Bonchev–Trinajstić information content (AvgIpc) is 2.55. The molecule has 1 heterocycles. The smallest absolute Gasteiger partial charge is 0.312 e. The zero-order chi connectivity index (χ0) is 16.8. The Hall–Kier alpha value is -1.57. The van der Waals surface area contributed by atoms with Gasteiger partial charge in [-0.25, -0.2) is 0 Å². The summed E-state index contributed by atoms with van der Waals surface area (Å²) in [6.45, 7) is 1.54. The van der Waals surface area contributed by atoms with Crippen molar-refractivity contribution in [2.75, 3.05) is 26.7 Å². The van der Waals surface area contributed by atoms with E-state index in [9.17, 15) is 14.9 Å². The highest BCUT2D eigenvalue weighted by molar-refractivity contribution is 6.30. The van der Waals surface area contributed by atoms with Crippen molar-refractivity contribution in [1.29, 1.82) is 0 Å². The van der Waals surface area contributed by atoms with Crippen LogP contribution < -0.4 is 10.1 Å². The summed E-state index contributed by atoms with van der Waals surface area (Å²) < 4.78 is 5.40. The van der Waals surface area contributed by atoms with Crippen LogP contribution in [-0.2, 0) is 4.79 Å². The van der Waals surface area contributed by atoms with E-state index in [-0.39, 0.29) is 47.8 Å². The van der Waals surface area contributed by atoms with Crippen LogP contribution in [0.3, 0.4) is 0 Å². The molecule has 1 saturated heterocycles. The maximum Gasteiger partial charge on any atom is 0.312 e. The van der Waals surface area contributed by atoms with Gasteiger partial charge in [-0.1, -0.05) is 11.6 Å². The molecule has 2 rings (SSSR count). The van der Waals surface area contributed by atoms with Crippen molar-refractivity contribution in [2.45, 2.75) is 25.3 Å². The van der Waals surface area contributed by atoms with E-state index in [1.807, 2.05) is 11.9 Å². The number of piperidine rings is 1. The lowest BCUT2D eigenvalue weighted by atomic mass is 10.1. The van der Waals surface area contributed by atoms with Crippen molar-refractivity contribution in [3.63, 3.8) is 0 Å². The van der Waals surface area contributed by atoms with E-state index >= 15 is 0 Å². The number of likely N-dealkylation sites (tertiary alicyclic amines) is 1. The van der Waals surface area contributed by atoms with Crippen molar-refractivity contribution in [2.24, 2.45) is 0 Å². The monoisotopic (exact) mass is 377 g/mol. The molecule has 9 heteroatoms. The van der Waals surface area contributed by atoms with Crippen LogP contribution in [0, 0.1) is 10.1 Å². The molecule has 1 amide bonds. The Morgan fingerprint density at radius 2 is 2.29 bits per heavy atom. The second kappa shape index (κ2) is 9.66. The summed E-state index contributed by atoms with van der Waals surface area (Å²) in [6, 6.07) is 4.53. The molecule has 0 spiro atoms. The highest BCUT2D eigenvalue weighted by Crippen LogP contribution is 2.29. The van der Waals surface area contributed by atoms with Crippen LogP contribution in [0.25, 0.3) is 0 Å². The lowest BCUT2D eigenvalue weighted by Crippen LogP contribution is -2.47. The lowest BCUT2D eigenvalue weighted by Gasteiger charge is -2.32. The summed E-state index contributed by atoms with van der Waals surface area (Å²) in [5, 5.41) is 14.4. The third kappa shape index (κ3) is 5.51. The summed E-state index contributed by atoms with van der Waals surface area (Å²) >= 11 is 5.75. The molecule has 134 valence electrons. The number of halogens is 2. The summed E-state index contributed by atoms with van der Waals surface area (Å²) in [5.41, 5.74) is -0.196. The number of nitrogens with one attached hydrogen (secondary N) is 1. The van der Waals surface area contributed by atoms with E-state index in [0.29, 0.717) is 12.6 Å². The molecule has 0 aromatic heterocycles. The Bertz CT molecular complexity index is 586. The van der Waals surface area contributed by atoms with Crippen molar-refractivity contribution in [3.8, 4) is 5.75 Å². The number of rotatable bonds is 6. The first-order valence-electron chi connectivity index (χ1n) is 7.53. The van der Waals surface area contributed by atoms with Crippen molar-refractivity contribution < 1.29 is 14.5 Å². The molecule has 1 aliphatic rings. The van der Waals surface area contributed by atoms with Gasteiger partial charge in [0, 0.05) is 30.2 Å². The highest BCUT2D eigenvalue weighted by Gasteiger charge is 2.22. The molecule has 0 radical (unpaired) electrons. The Kier molecular flexibility index (Phi) is 8.24. The number of hydrogen-bond donors (Lipinski definition) is 1. The van der Waals surface area contributed by atoms with Gasteiger partial charge in [-0.3, -0.25) is 14.9 Å². The molecule has 1 fully saturated rings. The number of amides is 1. The molecular formula is C15H21Cl2N3O4. The van der Waals surface area contributed by atoms with Gasteiger partial charge in [-0.05, 0) is 32.0 Å². The van der Waals surface area contributed by atoms with E-state index in [2.05, 4.69) is 5.32 Å². The van der Waals surface area contributed by atoms with Gasteiger partial charge in [0.15, 0.2) is 5.75 Å². The standard InChI is InChI=1S/C15H20ClN3O4.ClH/c1-17-12-3-2-7-18(10-12)15(20)6-8-23-14-5-4-11(16)9-13(14)19(21)22;/h4-5,9,12,17H,2-3,6-8,10H2,1H3;1H. The van der Waals surface area contributed by atoms with E-state index in [0.717, 1.165) is 19.4 Å². The largest absolute Gasteiger partial charge is 0.486 e. The Morgan fingerprint density at radius 3 is 2.96 bits per heavy atom. The SMILES string of the molecule is CNC1CCCN(C(=O)CCOc2ccc(Cl)cc2[N+](=O)[O-])C1.Cl. The zero-order valence-electron chi connectivity index (χ0n) is 13.4. The molecular weight excluding hydrogens is 357 g/mol. The van der Waals surface area contributed by atoms with Gasteiger partial charge >= 0.3 is 5.69 Å². The summed E-state index contributed by atoms with van der Waals surface area (Å²) in [7, 11) is 1.89. The van der Waals surface area contributed by atoms with Gasteiger partial charge in [0.1, 0.15) is 0 Å². The number of nitro groups is 1. The number of carbonyl (C=O) groups is 1. The first-order valence-corrected chi connectivity index (χ1v) is 7.91. The lowest BCUT2D eigenvalue weighted by molar-refractivity contribution is -0.385. The van der Waals surface area contributed by atoms with Crippen molar-refractivity contribution in [3.05, 3.63) is 33.3 Å². The van der Waals surface area contributed by atoms with Crippen LogP contribution in [-0.4, -0.2) is 48.5 Å². The topological polar surface area (TPSA) is 84.7 Å². The second-order valence-corrected chi connectivity index (χ2v) is 5.87. The Morgan fingerprint density at radius 1 is 1.54 bits per heavy atom. The van der Waals surface area contributed by atoms with Gasteiger partial charge in [0.05, 0.1) is 18.0 Å². The summed E-state index contributed by atoms with van der Waals surface area (Å²) in [5.74, 6) is 0.125. The van der Waals surface area contributed by atoms with Gasteiger partial charge in [-0.2, -0.15) is 0 Å². The van der Waals surface area contributed by atoms with Crippen LogP contribution in [0.5, 0.6) is 5.75 Å². The van der Waals surface area contributed by atoms with Crippen LogP contribution in [0.4, 0.5) is 5.69 Å². The van der Waals surface area contributed by atoms with Crippen molar-refractivity contribution in [1.82, 2.24) is 10.2 Å². The van der Waals surface area contributed by atoms with E-state index in [1.165, 1.54) is 18.2 Å². The molecule has 1 aromatic carbocycles. The first-order chi connectivity index (χ1) is 11.0. The third-order valence-corrected chi connectivity index (χ3v) is 4.11. The molecule has 0 saturated carbocycles. The maximum absolute atomic E-state index is 12.2. The summed E-state index contributed by atoms with van der Waals surface area (Å²) in [6.07, 6.45) is 2.23. The minimum Gasteiger partial charge on any atom is -0.486 e.